The summed E-state index contributed by atoms with van der Waals surface area (Å²) in [5.41, 5.74) is -2.68. The molecule has 1 aromatic rings. The molecule has 0 aromatic carbocycles. The monoisotopic (exact) mass is 416 g/mol. The maximum absolute atomic E-state index is 12.4. The van der Waals surface area contributed by atoms with Crippen molar-refractivity contribution in [1.82, 2.24) is 9.55 Å². The fourth-order valence-corrected chi connectivity index (χ4v) is 3.78. The van der Waals surface area contributed by atoms with Crippen LogP contribution in [-0.2, 0) is 24.4 Å². The van der Waals surface area contributed by atoms with Gasteiger partial charge in [0.1, 0.15) is 12.2 Å². The van der Waals surface area contributed by atoms with Crippen molar-refractivity contribution in [2.75, 3.05) is 33.5 Å². The standard InChI is InChI=1S/C18H32N2O7Si/c1-17(2,3)28(5,6)27-11-13-15(22)18(12-25-13,26-10-9-24-4)20-8-7-14(21)19-16(20)23/h7-8,13,15,22H,9-12H2,1-6H3,(H,19,21,23)/t13-,15-,18-/m1/s1. The second-order valence-corrected chi connectivity index (χ2v) is 13.3. The molecule has 2 rings (SSSR count). The molecule has 0 amide bonds. The fraction of sp³-hybridized carbons (Fsp3) is 0.778. The number of nitrogens with one attached hydrogen (secondary N) is 1. The molecule has 0 aliphatic carbocycles. The van der Waals surface area contributed by atoms with Crippen molar-refractivity contribution in [3.05, 3.63) is 33.1 Å². The molecule has 2 heterocycles. The van der Waals surface area contributed by atoms with Gasteiger partial charge in [0.05, 0.1) is 26.4 Å². The number of aliphatic hydroxyl groups excluding tert-OH is 1. The van der Waals surface area contributed by atoms with Crippen LogP contribution in [-0.4, -0.2) is 68.7 Å². The Hall–Kier alpha value is -1.30. The van der Waals surface area contributed by atoms with Gasteiger partial charge >= 0.3 is 5.69 Å². The number of nitrogens with zero attached hydrogens (tertiary/aromatic N) is 1. The van der Waals surface area contributed by atoms with Gasteiger partial charge in [0.15, 0.2) is 8.32 Å². The molecule has 0 bridgehead atoms. The number of ether oxygens (including phenoxy) is 3. The largest absolute Gasteiger partial charge is 0.414 e. The van der Waals surface area contributed by atoms with E-state index in [2.05, 4.69) is 38.8 Å². The Labute approximate surface area is 165 Å². The summed E-state index contributed by atoms with van der Waals surface area (Å²) >= 11 is 0. The van der Waals surface area contributed by atoms with Crippen molar-refractivity contribution >= 4 is 8.32 Å². The Morgan fingerprint density at radius 3 is 2.61 bits per heavy atom. The molecule has 1 aliphatic heterocycles. The van der Waals surface area contributed by atoms with Gasteiger partial charge in [0, 0.05) is 19.4 Å². The van der Waals surface area contributed by atoms with E-state index in [0.717, 1.165) is 0 Å². The van der Waals surface area contributed by atoms with Crippen LogP contribution in [0.1, 0.15) is 20.8 Å². The molecule has 10 heteroatoms. The third-order valence-corrected chi connectivity index (χ3v) is 10.1. The first-order valence-electron chi connectivity index (χ1n) is 9.33. The first-order valence-corrected chi connectivity index (χ1v) is 12.2. The predicted molar refractivity (Wildman–Crippen MR) is 106 cm³/mol. The van der Waals surface area contributed by atoms with E-state index in [0.29, 0.717) is 0 Å². The van der Waals surface area contributed by atoms with E-state index in [1.54, 1.807) is 0 Å². The SMILES string of the molecule is COCCO[C@]1(n2ccc(=O)[nH]c2=O)CO[C@H](CO[Si](C)(C)C(C)(C)C)[C@H]1O. The number of aromatic nitrogens is 2. The van der Waals surface area contributed by atoms with Gasteiger partial charge in [-0.3, -0.25) is 14.3 Å². The average molecular weight is 417 g/mol. The lowest BCUT2D eigenvalue weighted by Crippen LogP contribution is -2.55. The minimum atomic E-state index is -2.05. The highest BCUT2D eigenvalue weighted by Crippen LogP contribution is 2.38. The summed E-state index contributed by atoms with van der Waals surface area (Å²) in [6.07, 6.45) is -0.536. The molecule has 0 spiro atoms. The molecule has 9 nitrogen and oxygen atoms in total. The zero-order valence-electron chi connectivity index (χ0n) is 17.5. The number of aliphatic hydroxyl groups is 1. The second-order valence-electron chi connectivity index (χ2n) is 8.53. The van der Waals surface area contributed by atoms with Crippen LogP contribution in [0.2, 0.25) is 18.1 Å². The van der Waals surface area contributed by atoms with Crippen LogP contribution in [0, 0.1) is 0 Å². The molecule has 3 atom stereocenters. The van der Waals surface area contributed by atoms with Crippen LogP contribution in [0.25, 0.3) is 0 Å². The topological polar surface area (TPSA) is 112 Å². The highest BCUT2D eigenvalue weighted by Gasteiger charge is 2.53. The van der Waals surface area contributed by atoms with Gasteiger partial charge in [-0.1, -0.05) is 20.8 Å². The molecule has 160 valence electrons. The first kappa shape index (κ1) is 23.0. The maximum Gasteiger partial charge on any atom is 0.330 e. The van der Waals surface area contributed by atoms with E-state index in [4.69, 9.17) is 18.6 Å². The van der Waals surface area contributed by atoms with Crippen molar-refractivity contribution in [2.24, 2.45) is 0 Å². The Morgan fingerprint density at radius 2 is 2.04 bits per heavy atom. The molecule has 1 aliphatic rings. The highest BCUT2D eigenvalue weighted by atomic mass is 28.4. The zero-order valence-corrected chi connectivity index (χ0v) is 18.5. The number of hydrogen-bond acceptors (Lipinski definition) is 7. The molecule has 1 aromatic heterocycles. The Balaban J connectivity index is 2.27. The summed E-state index contributed by atoms with van der Waals surface area (Å²) in [4.78, 5) is 26.0. The molecule has 1 saturated heterocycles. The highest BCUT2D eigenvalue weighted by molar-refractivity contribution is 6.74. The van der Waals surface area contributed by atoms with E-state index >= 15 is 0 Å². The normalized spacial score (nSPS) is 26.0. The number of methoxy groups -OCH3 is 1. The van der Waals surface area contributed by atoms with Crippen molar-refractivity contribution in [3.63, 3.8) is 0 Å². The van der Waals surface area contributed by atoms with Gasteiger partial charge in [-0.05, 0) is 18.1 Å². The maximum atomic E-state index is 12.4. The number of H-pyrrole nitrogens is 1. The smallest absolute Gasteiger partial charge is 0.330 e. The number of rotatable bonds is 8. The van der Waals surface area contributed by atoms with E-state index in [1.165, 1.54) is 23.9 Å². The molecule has 0 unspecified atom stereocenters. The third kappa shape index (κ3) is 4.64. The first-order chi connectivity index (χ1) is 12.9. The van der Waals surface area contributed by atoms with Crippen molar-refractivity contribution in [1.29, 1.82) is 0 Å². The van der Waals surface area contributed by atoms with Crippen LogP contribution in [0.15, 0.2) is 21.9 Å². The van der Waals surface area contributed by atoms with Crippen LogP contribution in [0.3, 0.4) is 0 Å². The van der Waals surface area contributed by atoms with E-state index in [-0.39, 0.29) is 31.5 Å². The van der Waals surface area contributed by atoms with Crippen molar-refractivity contribution in [2.45, 2.75) is 56.8 Å². The summed E-state index contributed by atoms with van der Waals surface area (Å²) in [6.45, 7) is 11.2. The van der Waals surface area contributed by atoms with Gasteiger partial charge < -0.3 is 23.7 Å². The molecule has 1 fully saturated rings. The quantitative estimate of drug-likeness (QED) is 0.472. The molecule has 2 N–H and O–H groups in total. The second kappa shape index (κ2) is 8.60. The Bertz CT molecular complexity index is 770. The lowest BCUT2D eigenvalue weighted by Gasteiger charge is -2.37. The molecular weight excluding hydrogens is 384 g/mol. The summed E-state index contributed by atoms with van der Waals surface area (Å²) in [6, 6.07) is 1.20. The van der Waals surface area contributed by atoms with Crippen molar-refractivity contribution < 1.29 is 23.7 Å². The molecule has 0 radical (unpaired) electrons. The Morgan fingerprint density at radius 1 is 1.36 bits per heavy atom. The predicted octanol–water partition coefficient (Wildman–Crippen LogP) is 0.634. The fourth-order valence-electron chi connectivity index (χ4n) is 2.77. The van der Waals surface area contributed by atoms with E-state index in [9.17, 15) is 14.7 Å². The molecule has 28 heavy (non-hydrogen) atoms. The lowest BCUT2D eigenvalue weighted by atomic mass is 10.1. The van der Waals surface area contributed by atoms with Crippen molar-refractivity contribution in [3.8, 4) is 0 Å². The lowest BCUT2D eigenvalue weighted by molar-refractivity contribution is -0.169. The minimum Gasteiger partial charge on any atom is -0.414 e. The number of aromatic amines is 1. The third-order valence-electron chi connectivity index (χ3n) is 5.60. The minimum absolute atomic E-state index is 0.0124. The van der Waals surface area contributed by atoms with Crippen LogP contribution >= 0.6 is 0 Å². The number of hydrogen-bond donors (Lipinski definition) is 2. The van der Waals surface area contributed by atoms with Gasteiger partial charge in [0.2, 0.25) is 5.72 Å². The van der Waals surface area contributed by atoms with Gasteiger partial charge in [-0.2, -0.15) is 0 Å². The molecular formula is C18H32N2O7Si. The Kier molecular flexibility index (Phi) is 7.06. The summed E-state index contributed by atoms with van der Waals surface area (Å²) in [5, 5.41) is 11.1. The summed E-state index contributed by atoms with van der Waals surface area (Å²) in [5.74, 6) is 0. The van der Waals surface area contributed by atoms with Gasteiger partial charge in [-0.25, -0.2) is 4.79 Å². The van der Waals surface area contributed by atoms with Crippen LogP contribution < -0.4 is 11.2 Å². The summed E-state index contributed by atoms with van der Waals surface area (Å²) in [7, 11) is -0.518. The zero-order chi connectivity index (χ0) is 21.2. The van der Waals surface area contributed by atoms with Crippen LogP contribution in [0.4, 0.5) is 0 Å². The van der Waals surface area contributed by atoms with E-state index < -0.39 is 37.5 Å². The van der Waals surface area contributed by atoms with E-state index in [1.807, 2.05) is 0 Å². The van der Waals surface area contributed by atoms with Gasteiger partial charge in [-0.15, -0.1) is 0 Å². The summed E-state index contributed by atoms with van der Waals surface area (Å²) < 4.78 is 24.0. The van der Waals surface area contributed by atoms with Crippen LogP contribution in [0.5, 0.6) is 0 Å². The average Bonchev–Trinajstić information content (AvgIpc) is 2.89. The molecule has 0 saturated carbocycles. The van der Waals surface area contributed by atoms with Gasteiger partial charge in [0.25, 0.3) is 5.56 Å².